The van der Waals surface area contributed by atoms with Gasteiger partial charge in [0.05, 0.1) is 18.0 Å². The Morgan fingerprint density at radius 3 is 2.56 bits per heavy atom. The van der Waals surface area contributed by atoms with Crippen molar-refractivity contribution in [2.24, 2.45) is 0 Å². The molecule has 0 aliphatic carbocycles. The molecule has 0 aliphatic heterocycles. The topological polar surface area (TPSA) is 55.4 Å². The number of hydrogen-bond acceptors (Lipinski definition) is 4. The molecule has 0 spiro atoms. The van der Waals surface area contributed by atoms with Gasteiger partial charge < -0.3 is 10.1 Å². The lowest BCUT2D eigenvalue weighted by Gasteiger charge is -2.12. The molecule has 0 fully saturated rings. The van der Waals surface area contributed by atoms with Crippen LogP contribution in [0.5, 0.6) is 5.75 Å². The first-order chi connectivity index (χ1) is 8.59. The first-order valence-corrected chi connectivity index (χ1v) is 8.07. The third-order valence-corrected chi connectivity index (χ3v) is 4.29. The molecule has 0 heterocycles. The predicted octanol–water partition coefficient (Wildman–Crippen LogP) is 2.32. The summed E-state index contributed by atoms with van der Waals surface area (Å²) >= 11 is 0. The Balaban J connectivity index is 2.53. The summed E-state index contributed by atoms with van der Waals surface area (Å²) in [5.41, 5.74) is 0.839. The normalized spacial score (nSPS) is 11.2. The van der Waals surface area contributed by atoms with Crippen LogP contribution in [-0.2, 0) is 9.84 Å². The van der Waals surface area contributed by atoms with Crippen molar-refractivity contribution < 1.29 is 13.2 Å². The van der Waals surface area contributed by atoms with Crippen molar-refractivity contribution in [2.45, 2.75) is 20.3 Å². The quantitative estimate of drug-likeness (QED) is 0.788. The summed E-state index contributed by atoms with van der Waals surface area (Å²) in [4.78, 5) is 0. The van der Waals surface area contributed by atoms with Crippen molar-refractivity contribution in [3.63, 3.8) is 0 Å². The Morgan fingerprint density at radius 1 is 1.17 bits per heavy atom. The molecule has 1 rings (SSSR count). The van der Waals surface area contributed by atoms with Crippen LogP contribution in [0.4, 0.5) is 5.69 Å². The SMILES string of the molecule is CCCS(=O)(=O)CCNc1ccccc1OCC. The summed E-state index contributed by atoms with van der Waals surface area (Å²) in [5.74, 6) is 1.16. The summed E-state index contributed by atoms with van der Waals surface area (Å²) in [6.07, 6.45) is 0.665. The smallest absolute Gasteiger partial charge is 0.152 e. The average Bonchev–Trinajstić information content (AvgIpc) is 2.31. The minimum absolute atomic E-state index is 0.154. The van der Waals surface area contributed by atoms with Gasteiger partial charge in [-0.2, -0.15) is 0 Å². The number of anilines is 1. The molecule has 1 aromatic rings. The predicted molar refractivity (Wildman–Crippen MR) is 75.0 cm³/mol. The van der Waals surface area contributed by atoms with Gasteiger partial charge in [0.2, 0.25) is 0 Å². The van der Waals surface area contributed by atoms with E-state index in [2.05, 4.69) is 5.32 Å². The minimum Gasteiger partial charge on any atom is -0.492 e. The fourth-order valence-corrected chi connectivity index (χ4v) is 2.89. The third-order valence-electron chi connectivity index (χ3n) is 2.43. The highest BCUT2D eigenvalue weighted by atomic mass is 32.2. The van der Waals surface area contributed by atoms with Crippen LogP contribution in [0.3, 0.4) is 0 Å². The summed E-state index contributed by atoms with van der Waals surface area (Å²) < 4.78 is 28.6. The van der Waals surface area contributed by atoms with Gasteiger partial charge >= 0.3 is 0 Å². The van der Waals surface area contributed by atoms with Crippen molar-refractivity contribution in [2.75, 3.05) is 30.0 Å². The van der Waals surface area contributed by atoms with E-state index in [1.165, 1.54) is 0 Å². The zero-order valence-electron chi connectivity index (χ0n) is 11.0. The van der Waals surface area contributed by atoms with Gasteiger partial charge in [-0.3, -0.25) is 0 Å². The van der Waals surface area contributed by atoms with E-state index < -0.39 is 9.84 Å². The Kier molecular flexibility index (Phi) is 5.98. The molecule has 4 nitrogen and oxygen atoms in total. The van der Waals surface area contributed by atoms with Crippen LogP contribution < -0.4 is 10.1 Å². The van der Waals surface area contributed by atoms with Crippen LogP contribution in [0.2, 0.25) is 0 Å². The Hall–Kier alpha value is -1.23. The van der Waals surface area contributed by atoms with E-state index in [-0.39, 0.29) is 11.5 Å². The van der Waals surface area contributed by atoms with Crippen molar-refractivity contribution in [1.82, 2.24) is 0 Å². The molecule has 0 aliphatic rings. The minimum atomic E-state index is -2.93. The summed E-state index contributed by atoms with van der Waals surface area (Å²) in [7, 11) is -2.93. The molecule has 0 unspecified atom stereocenters. The molecule has 18 heavy (non-hydrogen) atoms. The first kappa shape index (κ1) is 14.8. The zero-order valence-corrected chi connectivity index (χ0v) is 11.8. The molecule has 0 atom stereocenters. The van der Waals surface area contributed by atoms with Gasteiger partial charge in [-0.25, -0.2) is 8.42 Å². The number of ether oxygens (including phenoxy) is 1. The maximum absolute atomic E-state index is 11.6. The van der Waals surface area contributed by atoms with Crippen LogP contribution in [0.1, 0.15) is 20.3 Å². The van der Waals surface area contributed by atoms with E-state index in [4.69, 9.17) is 4.74 Å². The first-order valence-electron chi connectivity index (χ1n) is 6.25. The lowest BCUT2D eigenvalue weighted by Crippen LogP contribution is -2.18. The maximum atomic E-state index is 11.6. The Bertz CT molecular complexity index is 457. The van der Waals surface area contributed by atoms with E-state index in [1.807, 2.05) is 38.1 Å². The second-order valence-corrected chi connectivity index (χ2v) is 6.31. The molecule has 102 valence electrons. The van der Waals surface area contributed by atoms with Crippen molar-refractivity contribution >= 4 is 15.5 Å². The fourth-order valence-electron chi connectivity index (χ4n) is 1.65. The van der Waals surface area contributed by atoms with Crippen LogP contribution in [0, 0.1) is 0 Å². The van der Waals surface area contributed by atoms with Crippen molar-refractivity contribution in [3.05, 3.63) is 24.3 Å². The lowest BCUT2D eigenvalue weighted by molar-refractivity contribution is 0.342. The van der Waals surface area contributed by atoms with Gasteiger partial charge in [0.1, 0.15) is 5.75 Å². The number of sulfone groups is 1. The number of nitrogens with one attached hydrogen (secondary N) is 1. The van der Waals surface area contributed by atoms with Crippen molar-refractivity contribution in [1.29, 1.82) is 0 Å². The van der Waals surface area contributed by atoms with E-state index in [0.717, 1.165) is 11.4 Å². The Morgan fingerprint density at radius 2 is 1.89 bits per heavy atom. The molecule has 5 heteroatoms. The molecule has 0 aromatic heterocycles. The second kappa shape index (κ2) is 7.26. The van der Waals surface area contributed by atoms with Crippen molar-refractivity contribution in [3.8, 4) is 5.75 Å². The largest absolute Gasteiger partial charge is 0.492 e. The van der Waals surface area contributed by atoms with Crippen LogP contribution in [-0.4, -0.2) is 33.1 Å². The maximum Gasteiger partial charge on any atom is 0.152 e. The highest BCUT2D eigenvalue weighted by molar-refractivity contribution is 7.91. The molecule has 0 bridgehead atoms. The molecule has 1 N–H and O–H groups in total. The van der Waals surface area contributed by atoms with Crippen LogP contribution in [0.25, 0.3) is 0 Å². The number of benzene rings is 1. The molecular formula is C13H21NO3S. The van der Waals surface area contributed by atoms with Gasteiger partial charge in [-0.1, -0.05) is 19.1 Å². The zero-order chi connectivity index (χ0) is 13.4. The lowest BCUT2D eigenvalue weighted by atomic mass is 10.3. The molecule has 0 saturated heterocycles. The molecule has 1 aromatic carbocycles. The van der Waals surface area contributed by atoms with Gasteiger partial charge in [0, 0.05) is 12.3 Å². The Labute approximate surface area is 109 Å². The molecule has 0 amide bonds. The molecule has 0 saturated carbocycles. The average molecular weight is 271 g/mol. The van der Waals surface area contributed by atoms with Gasteiger partial charge in [0.15, 0.2) is 9.84 Å². The van der Waals surface area contributed by atoms with Gasteiger partial charge in [0.25, 0.3) is 0 Å². The third kappa shape index (κ3) is 4.96. The van der Waals surface area contributed by atoms with E-state index in [0.29, 0.717) is 19.6 Å². The standard InChI is InChI=1S/C13H21NO3S/c1-3-10-18(15,16)11-9-14-12-7-5-6-8-13(12)17-4-2/h5-8,14H,3-4,9-11H2,1-2H3. The summed E-state index contributed by atoms with van der Waals surface area (Å²) in [6.45, 7) is 4.79. The number of rotatable bonds is 8. The highest BCUT2D eigenvalue weighted by Crippen LogP contribution is 2.23. The fraction of sp³-hybridized carbons (Fsp3) is 0.538. The highest BCUT2D eigenvalue weighted by Gasteiger charge is 2.09. The second-order valence-electron chi connectivity index (χ2n) is 4.01. The van der Waals surface area contributed by atoms with E-state index in [9.17, 15) is 8.42 Å². The summed E-state index contributed by atoms with van der Waals surface area (Å²) in [5, 5.41) is 3.11. The number of para-hydroxylation sites is 2. The monoisotopic (exact) mass is 271 g/mol. The van der Waals surface area contributed by atoms with Crippen LogP contribution in [0.15, 0.2) is 24.3 Å². The van der Waals surface area contributed by atoms with E-state index in [1.54, 1.807) is 0 Å². The molecule has 0 radical (unpaired) electrons. The number of hydrogen-bond donors (Lipinski definition) is 1. The van der Waals surface area contributed by atoms with E-state index >= 15 is 0 Å². The van der Waals surface area contributed by atoms with Crippen LogP contribution >= 0.6 is 0 Å². The van der Waals surface area contributed by atoms with Gasteiger partial charge in [-0.05, 0) is 25.5 Å². The van der Waals surface area contributed by atoms with Gasteiger partial charge in [-0.15, -0.1) is 0 Å². The summed E-state index contributed by atoms with van der Waals surface area (Å²) in [6, 6.07) is 7.54. The molecular weight excluding hydrogens is 250 g/mol.